The Hall–Kier alpha value is -1.58. The van der Waals surface area contributed by atoms with Crippen LogP contribution < -0.4 is 5.32 Å². The smallest absolute Gasteiger partial charge is 0.125 e. The highest BCUT2D eigenvalue weighted by molar-refractivity contribution is 5.26. The summed E-state index contributed by atoms with van der Waals surface area (Å²) in [5, 5.41) is 13.2. The molecule has 102 valence electrons. The summed E-state index contributed by atoms with van der Waals surface area (Å²) in [5.41, 5.74) is 1.14. The second-order valence-corrected chi connectivity index (χ2v) is 4.71. The molecule has 0 saturated carbocycles. The van der Waals surface area contributed by atoms with E-state index >= 15 is 0 Å². The van der Waals surface area contributed by atoms with Crippen molar-refractivity contribution in [1.82, 2.24) is 5.32 Å². The summed E-state index contributed by atoms with van der Waals surface area (Å²) in [4.78, 5) is 0. The molecule has 0 aliphatic carbocycles. The van der Waals surface area contributed by atoms with Crippen molar-refractivity contribution in [3.05, 3.63) is 60.1 Å². The lowest BCUT2D eigenvalue weighted by molar-refractivity contribution is 0.157. The van der Waals surface area contributed by atoms with Crippen LogP contribution in [0.4, 0.5) is 0 Å². The second kappa shape index (κ2) is 7.12. The summed E-state index contributed by atoms with van der Waals surface area (Å²) in [7, 11) is 0. The minimum absolute atomic E-state index is 0.0114. The van der Waals surface area contributed by atoms with Gasteiger partial charge in [0.05, 0.1) is 18.4 Å². The predicted molar refractivity (Wildman–Crippen MR) is 75.9 cm³/mol. The number of nitrogens with one attached hydrogen (secondary N) is 1. The van der Waals surface area contributed by atoms with Crippen molar-refractivity contribution in [2.75, 3.05) is 6.54 Å². The van der Waals surface area contributed by atoms with Crippen molar-refractivity contribution in [2.45, 2.75) is 31.9 Å². The maximum atomic E-state index is 9.85. The SMILES string of the molecule is CCCC(O)CNC(c1ccccc1)c1ccco1. The van der Waals surface area contributed by atoms with Crippen LogP contribution in [0.5, 0.6) is 0 Å². The lowest BCUT2D eigenvalue weighted by atomic mass is 10.0. The molecule has 0 amide bonds. The Bertz CT molecular complexity index is 453. The Labute approximate surface area is 114 Å². The first kappa shape index (κ1) is 13.8. The Morgan fingerprint density at radius 2 is 1.95 bits per heavy atom. The van der Waals surface area contributed by atoms with Gasteiger partial charge in [-0.1, -0.05) is 43.7 Å². The zero-order chi connectivity index (χ0) is 13.5. The first-order valence-corrected chi connectivity index (χ1v) is 6.81. The molecule has 1 aromatic heterocycles. The number of aliphatic hydroxyl groups is 1. The summed E-state index contributed by atoms with van der Waals surface area (Å²) in [6.07, 6.45) is 3.16. The van der Waals surface area contributed by atoms with Gasteiger partial charge in [0.15, 0.2) is 0 Å². The average molecular weight is 259 g/mol. The van der Waals surface area contributed by atoms with E-state index in [1.54, 1.807) is 6.26 Å². The molecule has 2 rings (SSSR count). The van der Waals surface area contributed by atoms with E-state index in [0.29, 0.717) is 6.54 Å². The van der Waals surface area contributed by atoms with Gasteiger partial charge < -0.3 is 14.8 Å². The molecule has 1 heterocycles. The van der Waals surface area contributed by atoms with Crippen molar-refractivity contribution < 1.29 is 9.52 Å². The Morgan fingerprint density at radius 3 is 2.58 bits per heavy atom. The van der Waals surface area contributed by atoms with Gasteiger partial charge in [0.2, 0.25) is 0 Å². The number of aliphatic hydroxyl groups excluding tert-OH is 1. The highest BCUT2D eigenvalue weighted by Gasteiger charge is 2.17. The summed E-state index contributed by atoms with van der Waals surface area (Å²) in [6.45, 7) is 2.64. The maximum Gasteiger partial charge on any atom is 0.125 e. The van der Waals surface area contributed by atoms with Crippen LogP contribution in [0.2, 0.25) is 0 Å². The van der Waals surface area contributed by atoms with E-state index in [2.05, 4.69) is 24.4 Å². The van der Waals surface area contributed by atoms with Crippen molar-refractivity contribution in [2.24, 2.45) is 0 Å². The standard InChI is InChI=1S/C16H21NO2/c1-2-7-14(18)12-17-16(15-10-6-11-19-15)13-8-4-3-5-9-13/h3-6,8-11,14,16-18H,2,7,12H2,1H3. The lowest BCUT2D eigenvalue weighted by Crippen LogP contribution is -2.30. The molecule has 0 fully saturated rings. The highest BCUT2D eigenvalue weighted by atomic mass is 16.3. The Balaban J connectivity index is 2.08. The van der Waals surface area contributed by atoms with Crippen molar-refractivity contribution >= 4 is 0 Å². The van der Waals surface area contributed by atoms with Gasteiger partial charge in [-0.2, -0.15) is 0 Å². The molecule has 2 N–H and O–H groups in total. The second-order valence-electron chi connectivity index (χ2n) is 4.71. The molecule has 3 heteroatoms. The largest absolute Gasteiger partial charge is 0.467 e. The van der Waals surface area contributed by atoms with E-state index < -0.39 is 0 Å². The van der Waals surface area contributed by atoms with E-state index in [1.807, 2.05) is 30.3 Å². The zero-order valence-electron chi connectivity index (χ0n) is 11.3. The third-order valence-electron chi connectivity index (χ3n) is 3.14. The molecular weight excluding hydrogens is 238 g/mol. The van der Waals surface area contributed by atoms with Gasteiger partial charge in [-0.25, -0.2) is 0 Å². The number of benzene rings is 1. The fraction of sp³-hybridized carbons (Fsp3) is 0.375. The third kappa shape index (κ3) is 3.94. The third-order valence-corrected chi connectivity index (χ3v) is 3.14. The molecule has 0 spiro atoms. The molecule has 19 heavy (non-hydrogen) atoms. The minimum Gasteiger partial charge on any atom is -0.467 e. The quantitative estimate of drug-likeness (QED) is 0.803. The molecule has 2 aromatic rings. The lowest BCUT2D eigenvalue weighted by Gasteiger charge is -2.19. The molecule has 0 bridgehead atoms. The van der Waals surface area contributed by atoms with Gasteiger partial charge in [0.1, 0.15) is 5.76 Å². The van der Waals surface area contributed by atoms with E-state index in [1.165, 1.54) is 0 Å². The summed E-state index contributed by atoms with van der Waals surface area (Å²) >= 11 is 0. The van der Waals surface area contributed by atoms with Crippen LogP contribution in [-0.4, -0.2) is 17.8 Å². The number of furan rings is 1. The Morgan fingerprint density at radius 1 is 1.16 bits per heavy atom. The monoisotopic (exact) mass is 259 g/mol. The average Bonchev–Trinajstić information content (AvgIpc) is 2.94. The molecule has 2 unspecified atom stereocenters. The number of hydrogen-bond acceptors (Lipinski definition) is 3. The van der Waals surface area contributed by atoms with Crippen molar-refractivity contribution in [3.8, 4) is 0 Å². The van der Waals surface area contributed by atoms with Gasteiger partial charge in [0, 0.05) is 6.54 Å². The van der Waals surface area contributed by atoms with E-state index in [4.69, 9.17) is 4.42 Å². The van der Waals surface area contributed by atoms with Crippen molar-refractivity contribution in [3.63, 3.8) is 0 Å². The summed E-state index contributed by atoms with van der Waals surface area (Å²) in [5.74, 6) is 0.870. The zero-order valence-corrected chi connectivity index (χ0v) is 11.3. The van der Waals surface area contributed by atoms with Crippen LogP contribution in [0.3, 0.4) is 0 Å². The molecule has 0 aliphatic heterocycles. The van der Waals surface area contributed by atoms with Gasteiger partial charge in [-0.15, -0.1) is 0 Å². The molecule has 1 aromatic carbocycles. The molecule has 0 aliphatic rings. The fourth-order valence-corrected chi connectivity index (χ4v) is 2.17. The van der Waals surface area contributed by atoms with Gasteiger partial charge in [-0.05, 0) is 24.1 Å². The number of rotatable bonds is 7. The highest BCUT2D eigenvalue weighted by Crippen LogP contribution is 2.22. The fourth-order valence-electron chi connectivity index (χ4n) is 2.17. The number of hydrogen-bond donors (Lipinski definition) is 2. The predicted octanol–water partition coefficient (Wildman–Crippen LogP) is 3.12. The van der Waals surface area contributed by atoms with Gasteiger partial charge >= 0.3 is 0 Å². The minimum atomic E-state index is -0.314. The van der Waals surface area contributed by atoms with E-state index in [0.717, 1.165) is 24.2 Å². The van der Waals surface area contributed by atoms with Crippen LogP contribution in [-0.2, 0) is 0 Å². The van der Waals surface area contributed by atoms with Crippen LogP contribution >= 0.6 is 0 Å². The maximum absolute atomic E-state index is 9.85. The van der Waals surface area contributed by atoms with Crippen LogP contribution in [0.1, 0.15) is 37.1 Å². The normalized spacial score (nSPS) is 14.2. The van der Waals surface area contributed by atoms with Crippen LogP contribution in [0.25, 0.3) is 0 Å². The van der Waals surface area contributed by atoms with E-state index in [-0.39, 0.29) is 12.1 Å². The molecule has 3 nitrogen and oxygen atoms in total. The first-order chi connectivity index (χ1) is 9.31. The van der Waals surface area contributed by atoms with Crippen LogP contribution in [0, 0.1) is 0 Å². The Kier molecular flexibility index (Phi) is 5.19. The van der Waals surface area contributed by atoms with Gasteiger partial charge in [0.25, 0.3) is 0 Å². The molecule has 0 radical (unpaired) electrons. The molecule has 0 saturated heterocycles. The summed E-state index contributed by atoms with van der Waals surface area (Å²) < 4.78 is 5.50. The molecular formula is C16H21NO2. The molecule has 2 atom stereocenters. The van der Waals surface area contributed by atoms with E-state index in [9.17, 15) is 5.11 Å². The van der Waals surface area contributed by atoms with Gasteiger partial charge in [-0.3, -0.25) is 0 Å². The topological polar surface area (TPSA) is 45.4 Å². The first-order valence-electron chi connectivity index (χ1n) is 6.81. The van der Waals surface area contributed by atoms with Crippen molar-refractivity contribution in [1.29, 1.82) is 0 Å². The summed E-state index contributed by atoms with van der Waals surface area (Å²) in [6, 6.07) is 14.0. The van der Waals surface area contributed by atoms with Crippen LogP contribution in [0.15, 0.2) is 53.1 Å².